The number of aromatic nitrogens is 2. The number of pyridine rings is 2. The predicted octanol–water partition coefficient (Wildman–Crippen LogP) is 2.03. The van der Waals surface area contributed by atoms with Crippen LogP contribution in [-0.4, -0.2) is 80.8 Å². The van der Waals surface area contributed by atoms with E-state index in [1.165, 1.54) is 0 Å². The lowest BCUT2D eigenvalue weighted by Crippen LogP contribution is -2.31. The lowest BCUT2D eigenvalue weighted by Gasteiger charge is -2.22. The Morgan fingerprint density at radius 2 is 1.29 bits per heavy atom. The zero-order valence-corrected chi connectivity index (χ0v) is 16.3. The Hall–Kier alpha value is -1.90. The Kier molecular flexibility index (Phi) is 9.32. The molecule has 7 heteroatoms. The fourth-order valence-electron chi connectivity index (χ4n) is 2.87. The van der Waals surface area contributed by atoms with Crippen molar-refractivity contribution in [3.05, 3.63) is 48.3 Å². The molecular formula is C21H29N3O4. The Bertz CT molecular complexity index is 656. The van der Waals surface area contributed by atoms with Gasteiger partial charge in [0, 0.05) is 25.8 Å². The first kappa shape index (κ1) is 20.8. The molecule has 1 aliphatic rings. The number of rotatable bonds is 3. The van der Waals surface area contributed by atoms with Crippen LogP contribution in [0.4, 0.5) is 0 Å². The van der Waals surface area contributed by atoms with E-state index in [1.807, 2.05) is 36.4 Å². The molecule has 0 aromatic carbocycles. The maximum atomic E-state index is 5.69. The molecule has 7 nitrogen and oxygen atoms in total. The Morgan fingerprint density at radius 3 is 1.89 bits per heavy atom. The molecule has 0 atom stereocenters. The number of hydrogen-bond acceptors (Lipinski definition) is 7. The van der Waals surface area contributed by atoms with Crippen LogP contribution in [-0.2, 0) is 25.5 Å². The molecular weight excluding hydrogens is 358 g/mol. The molecule has 0 unspecified atom stereocenters. The van der Waals surface area contributed by atoms with E-state index in [4.69, 9.17) is 23.9 Å². The van der Waals surface area contributed by atoms with Gasteiger partial charge in [0.05, 0.1) is 69.9 Å². The third-order valence-electron chi connectivity index (χ3n) is 4.34. The maximum absolute atomic E-state index is 5.69. The first-order valence-electron chi connectivity index (χ1n) is 9.82. The van der Waals surface area contributed by atoms with Crippen LogP contribution < -0.4 is 0 Å². The highest BCUT2D eigenvalue weighted by Crippen LogP contribution is 2.14. The fourth-order valence-corrected chi connectivity index (χ4v) is 2.87. The molecule has 3 rings (SSSR count). The van der Waals surface area contributed by atoms with Crippen molar-refractivity contribution in [3.8, 4) is 11.4 Å². The molecule has 1 fully saturated rings. The van der Waals surface area contributed by atoms with Gasteiger partial charge in [0.2, 0.25) is 0 Å². The zero-order valence-electron chi connectivity index (χ0n) is 16.3. The van der Waals surface area contributed by atoms with E-state index in [9.17, 15) is 0 Å². The molecule has 0 radical (unpaired) electrons. The van der Waals surface area contributed by atoms with Gasteiger partial charge in [-0.3, -0.25) is 9.88 Å². The summed E-state index contributed by atoms with van der Waals surface area (Å²) in [5.74, 6) is 0. The van der Waals surface area contributed by atoms with E-state index in [0.29, 0.717) is 52.9 Å². The predicted molar refractivity (Wildman–Crippen MR) is 106 cm³/mol. The van der Waals surface area contributed by atoms with Gasteiger partial charge >= 0.3 is 0 Å². The summed E-state index contributed by atoms with van der Waals surface area (Å²) in [4.78, 5) is 11.5. The van der Waals surface area contributed by atoms with E-state index < -0.39 is 0 Å². The van der Waals surface area contributed by atoms with Gasteiger partial charge in [0.15, 0.2) is 0 Å². The molecule has 152 valence electrons. The lowest BCUT2D eigenvalue weighted by molar-refractivity contribution is 0.00206. The third kappa shape index (κ3) is 7.61. The minimum Gasteiger partial charge on any atom is -0.378 e. The summed E-state index contributed by atoms with van der Waals surface area (Å²) < 4.78 is 22.3. The van der Waals surface area contributed by atoms with Crippen molar-refractivity contribution < 1.29 is 18.9 Å². The van der Waals surface area contributed by atoms with E-state index in [1.54, 1.807) is 6.20 Å². The Balaban J connectivity index is 1.57. The first-order valence-corrected chi connectivity index (χ1v) is 9.82. The minimum atomic E-state index is 0.591. The van der Waals surface area contributed by atoms with Gasteiger partial charge in [-0.15, -0.1) is 0 Å². The topological polar surface area (TPSA) is 65.9 Å². The summed E-state index contributed by atoms with van der Waals surface area (Å²) in [5, 5.41) is 0. The zero-order chi connectivity index (χ0) is 19.3. The smallest absolute Gasteiger partial charge is 0.0890 e. The minimum absolute atomic E-state index is 0.591. The average Bonchev–Trinajstić information content (AvgIpc) is 2.75. The molecule has 3 heterocycles. The molecule has 1 saturated heterocycles. The van der Waals surface area contributed by atoms with Crippen LogP contribution in [0.5, 0.6) is 0 Å². The summed E-state index contributed by atoms with van der Waals surface area (Å²) in [6, 6.07) is 11.9. The summed E-state index contributed by atoms with van der Waals surface area (Å²) in [5.41, 5.74) is 2.78. The van der Waals surface area contributed by atoms with Gasteiger partial charge in [-0.2, -0.15) is 0 Å². The second kappa shape index (κ2) is 12.5. The molecule has 2 aromatic rings. The van der Waals surface area contributed by atoms with E-state index in [2.05, 4.69) is 9.88 Å². The van der Waals surface area contributed by atoms with Crippen molar-refractivity contribution in [1.82, 2.24) is 14.9 Å². The molecule has 0 N–H and O–H groups in total. The van der Waals surface area contributed by atoms with Gasteiger partial charge in [-0.25, -0.2) is 4.98 Å². The van der Waals surface area contributed by atoms with Crippen LogP contribution in [0.2, 0.25) is 0 Å². The highest BCUT2D eigenvalue weighted by Gasteiger charge is 2.09. The normalized spacial score (nSPS) is 18.9. The van der Waals surface area contributed by atoms with Gasteiger partial charge in [-0.05, 0) is 24.3 Å². The second-order valence-electron chi connectivity index (χ2n) is 6.45. The monoisotopic (exact) mass is 387 g/mol. The molecule has 28 heavy (non-hydrogen) atoms. The van der Waals surface area contributed by atoms with Crippen LogP contribution in [0, 0.1) is 0 Å². The van der Waals surface area contributed by atoms with Crippen molar-refractivity contribution in [1.29, 1.82) is 0 Å². The highest BCUT2D eigenvalue weighted by atomic mass is 16.6. The summed E-state index contributed by atoms with van der Waals surface area (Å²) in [6.45, 7) is 7.22. The first-order chi connectivity index (χ1) is 13.9. The van der Waals surface area contributed by atoms with Crippen LogP contribution >= 0.6 is 0 Å². The molecule has 0 amide bonds. The van der Waals surface area contributed by atoms with E-state index in [0.717, 1.165) is 36.7 Å². The Labute approximate surface area is 166 Å². The molecule has 0 aliphatic carbocycles. The average molecular weight is 387 g/mol. The molecule has 1 aliphatic heterocycles. The maximum Gasteiger partial charge on any atom is 0.0890 e. The fraction of sp³-hybridized carbons (Fsp3) is 0.524. The molecule has 0 bridgehead atoms. The summed E-state index contributed by atoms with van der Waals surface area (Å²) >= 11 is 0. The lowest BCUT2D eigenvalue weighted by atomic mass is 10.2. The molecule has 0 spiro atoms. The standard InChI is InChI=1S/C21H29N3O4/c1-2-7-22-20(5-1)21-6-3-4-19(23-21)18-24-8-10-25-12-14-27-16-17-28-15-13-26-11-9-24/h1-7H,8-18H2. The number of hydrogen-bond donors (Lipinski definition) is 0. The van der Waals surface area contributed by atoms with Crippen molar-refractivity contribution >= 4 is 0 Å². The van der Waals surface area contributed by atoms with Gasteiger partial charge < -0.3 is 18.9 Å². The second-order valence-corrected chi connectivity index (χ2v) is 6.45. The van der Waals surface area contributed by atoms with E-state index in [-0.39, 0.29) is 0 Å². The van der Waals surface area contributed by atoms with Gasteiger partial charge in [-0.1, -0.05) is 12.1 Å². The van der Waals surface area contributed by atoms with Crippen molar-refractivity contribution in [3.63, 3.8) is 0 Å². The largest absolute Gasteiger partial charge is 0.378 e. The van der Waals surface area contributed by atoms with Crippen LogP contribution in [0.3, 0.4) is 0 Å². The van der Waals surface area contributed by atoms with E-state index >= 15 is 0 Å². The van der Waals surface area contributed by atoms with Crippen molar-refractivity contribution in [2.24, 2.45) is 0 Å². The van der Waals surface area contributed by atoms with Gasteiger partial charge in [0.25, 0.3) is 0 Å². The highest BCUT2D eigenvalue weighted by molar-refractivity contribution is 5.53. The summed E-state index contributed by atoms with van der Waals surface area (Å²) in [7, 11) is 0. The third-order valence-corrected chi connectivity index (χ3v) is 4.34. The molecule has 0 saturated carbocycles. The van der Waals surface area contributed by atoms with Gasteiger partial charge in [0.1, 0.15) is 0 Å². The van der Waals surface area contributed by atoms with Crippen LogP contribution in [0.15, 0.2) is 42.6 Å². The Morgan fingerprint density at radius 1 is 0.679 bits per heavy atom. The molecule has 2 aromatic heterocycles. The number of nitrogens with zero attached hydrogens (tertiary/aromatic N) is 3. The quantitative estimate of drug-likeness (QED) is 0.798. The summed E-state index contributed by atoms with van der Waals surface area (Å²) in [6.07, 6.45) is 1.79. The van der Waals surface area contributed by atoms with Crippen LogP contribution in [0.1, 0.15) is 5.69 Å². The number of ether oxygens (including phenoxy) is 4. The van der Waals surface area contributed by atoms with Crippen molar-refractivity contribution in [2.45, 2.75) is 6.54 Å². The van der Waals surface area contributed by atoms with Crippen molar-refractivity contribution in [2.75, 3.05) is 65.9 Å². The SMILES string of the molecule is c1ccc(-c2cccc(CN3CCOCCOCCOCCOCC3)n2)nc1. The van der Waals surface area contributed by atoms with Crippen LogP contribution in [0.25, 0.3) is 11.4 Å².